The zero-order chi connectivity index (χ0) is 36.0. The molecule has 0 amide bonds. The molecule has 0 aliphatic carbocycles. The van der Waals surface area contributed by atoms with Gasteiger partial charge in [0.05, 0.1) is 22.1 Å². The van der Waals surface area contributed by atoms with Gasteiger partial charge in [0.2, 0.25) is 5.71 Å². The van der Waals surface area contributed by atoms with E-state index in [0.29, 0.717) is 0 Å². The summed E-state index contributed by atoms with van der Waals surface area (Å²) in [6.07, 6.45) is 0. The van der Waals surface area contributed by atoms with Crippen LogP contribution in [0.15, 0.2) is 197 Å². The summed E-state index contributed by atoms with van der Waals surface area (Å²) >= 11 is 0. The minimum absolute atomic E-state index is 0.788. The fourth-order valence-electron chi connectivity index (χ4n) is 8.75. The Morgan fingerprint density at radius 2 is 1.02 bits per heavy atom. The second kappa shape index (κ2) is 11.5. The van der Waals surface area contributed by atoms with Gasteiger partial charge in [-0.2, -0.15) is 0 Å². The number of benzene rings is 8. The van der Waals surface area contributed by atoms with Crippen LogP contribution in [-0.4, -0.2) is 8.97 Å². The molecule has 0 radical (unpaired) electrons. The number of rotatable bonds is 5. The summed E-state index contributed by atoms with van der Waals surface area (Å²) in [5.41, 5.74) is 14.3. The quantitative estimate of drug-likeness (QED) is 0.179. The standard InChI is InChI=1S/C50H31N3O2/c1-2-13-33(14-3-1)51(34-26-28-35(29-27-34)52-41-19-7-4-15-37(41)38-16-5-8-20-42(38)52)49-40-31-32(25-30-43(40)53-44-21-9-11-23-46(44)55-50(49)53)36-18-12-24-47-48(36)39-17-6-10-22-45(39)54-47/h1-31H. The lowest BCUT2D eigenvalue weighted by atomic mass is 9.98. The number of aromatic nitrogens is 2. The molecular formula is C50H31N3O2. The van der Waals surface area contributed by atoms with Crippen molar-refractivity contribution < 1.29 is 8.83 Å². The normalized spacial score (nSPS) is 12.0. The maximum absolute atomic E-state index is 6.83. The number of furan rings is 1. The summed E-state index contributed by atoms with van der Waals surface area (Å²) in [6.45, 7) is 0. The number of hydrogen-bond donors (Lipinski definition) is 0. The second-order valence-electron chi connectivity index (χ2n) is 14.1. The largest absolute Gasteiger partial charge is 0.456 e. The molecule has 0 N–H and O–H groups in total. The summed E-state index contributed by atoms with van der Waals surface area (Å²) in [7, 11) is 0. The van der Waals surface area contributed by atoms with Gasteiger partial charge < -0.3 is 18.3 Å². The van der Waals surface area contributed by atoms with Crippen molar-refractivity contribution in [2.45, 2.75) is 0 Å². The molecule has 12 aromatic rings. The average molecular weight is 706 g/mol. The van der Waals surface area contributed by atoms with Crippen LogP contribution in [0.4, 0.5) is 17.1 Å². The third-order valence-electron chi connectivity index (χ3n) is 11.1. The van der Waals surface area contributed by atoms with Gasteiger partial charge in [0.15, 0.2) is 5.58 Å². The average Bonchev–Trinajstić information content (AvgIpc) is 3.99. The molecule has 0 fully saturated rings. The zero-order valence-corrected chi connectivity index (χ0v) is 29.6. The van der Waals surface area contributed by atoms with Crippen molar-refractivity contribution in [3.63, 3.8) is 0 Å². The van der Waals surface area contributed by atoms with E-state index >= 15 is 0 Å². The van der Waals surface area contributed by atoms with Gasteiger partial charge in [-0.05, 0) is 96.1 Å². The van der Waals surface area contributed by atoms with Gasteiger partial charge >= 0.3 is 0 Å². The van der Waals surface area contributed by atoms with Crippen molar-refractivity contribution in [2.24, 2.45) is 0 Å². The summed E-state index contributed by atoms with van der Waals surface area (Å²) in [5, 5.41) is 5.81. The van der Waals surface area contributed by atoms with Crippen molar-refractivity contribution in [3.8, 4) is 16.8 Å². The van der Waals surface area contributed by atoms with E-state index in [9.17, 15) is 0 Å². The summed E-state index contributed by atoms with van der Waals surface area (Å²) in [4.78, 5) is 2.34. The Hall–Kier alpha value is -7.50. The van der Waals surface area contributed by atoms with Crippen LogP contribution < -0.4 is 4.90 Å². The molecule has 0 saturated carbocycles. The monoisotopic (exact) mass is 705 g/mol. The van der Waals surface area contributed by atoms with Gasteiger partial charge in [0.1, 0.15) is 16.9 Å². The number of para-hydroxylation sites is 6. The van der Waals surface area contributed by atoms with Crippen LogP contribution in [-0.2, 0) is 0 Å². The van der Waals surface area contributed by atoms with Crippen molar-refractivity contribution in [3.05, 3.63) is 188 Å². The Morgan fingerprint density at radius 3 is 1.78 bits per heavy atom. The first-order chi connectivity index (χ1) is 27.3. The van der Waals surface area contributed by atoms with Crippen LogP contribution in [0.25, 0.3) is 88.3 Å². The molecular weight excluding hydrogens is 675 g/mol. The van der Waals surface area contributed by atoms with E-state index in [0.717, 1.165) is 83.5 Å². The van der Waals surface area contributed by atoms with Crippen LogP contribution in [0.2, 0.25) is 0 Å². The lowest BCUT2D eigenvalue weighted by molar-refractivity contribution is 0.657. The Kier molecular flexibility index (Phi) is 6.27. The predicted octanol–water partition coefficient (Wildman–Crippen LogP) is 14.0. The van der Waals surface area contributed by atoms with Gasteiger partial charge in [-0.15, -0.1) is 0 Å². The van der Waals surface area contributed by atoms with Crippen molar-refractivity contribution in [1.29, 1.82) is 0 Å². The Morgan fingerprint density at radius 1 is 0.400 bits per heavy atom. The molecule has 0 saturated heterocycles. The van der Waals surface area contributed by atoms with Crippen LogP contribution in [0.3, 0.4) is 0 Å². The Balaban J connectivity index is 1.12. The van der Waals surface area contributed by atoms with Crippen molar-refractivity contribution in [1.82, 2.24) is 8.97 Å². The SMILES string of the molecule is c1ccc(N(c2ccc(-n3c4ccccc4c4ccccc43)cc2)c2c3cc(-c4cccc5oc6ccccc6c45)ccc3n3c2oc2ccccc23)cc1. The first kappa shape index (κ1) is 30.0. The lowest BCUT2D eigenvalue weighted by Gasteiger charge is -2.25. The van der Waals surface area contributed by atoms with E-state index in [1.807, 2.05) is 24.3 Å². The third-order valence-corrected chi connectivity index (χ3v) is 11.1. The van der Waals surface area contributed by atoms with Crippen LogP contribution in [0.1, 0.15) is 0 Å². The van der Waals surface area contributed by atoms with Gasteiger partial charge in [-0.25, -0.2) is 0 Å². The predicted molar refractivity (Wildman–Crippen MR) is 226 cm³/mol. The molecule has 0 bridgehead atoms. The third kappa shape index (κ3) is 4.35. The van der Waals surface area contributed by atoms with Crippen LogP contribution in [0, 0.1) is 0 Å². The minimum Gasteiger partial charge on any atom is -0.456 e. The van der Waals surface area contributed by atoms with Crippen LogP contribution >= 0.6 is 0 Å². The Labute approximate surface area is 315 Å². The smallest absolute Gasteiger partial charge is 0.230 e. The van der Waals surface area contributed by atoms with Crippen molar-refractivity contribution in [2.75, 3.05) is 4.90 Å². The van der Waals surface area contributed by atoms with Crippen molar-refractivity contribution >= 4 is 88.5 Å². The van der Waals surface area contributed by atoms with E-state index in [1.165, 1.54) is 21.8 Å². The molecule has 5 nitrogen and oxygen atoms in total. The molecule has 0 atom stereocenters. The molecule has 55 heavy (non-hydrogen) atoms. The number of oxazole rings is 1. The van der Waals surface area contributed by atoms with E-state index in [-0.39, 0.29) is 0 Å². The zero-order valence-electron chi connectivity index (χ0n) is 29.6. The summed E-state index contributed by atoms with van der Waals surface area (Å²) in [5.74, 6) is 0. The highest BCUT2D eigenvalue weighted by Gasteiger charge is 2.26. The molecule has 4 aromatic heterocycles. The maximum Gasteiger partial charge on any atom is 0.230 e. The maximum atomic E-state index is 6.83. The van der Waals surface area contributed by atoms with Gasteiger partial charge in [-0.3, -0.25) is 4.40 Å². The molecule has 0 spiro atoms. The van der Waals surface area contributed by atoms with E-state index in [4.69, 9.17) is 8.83 Å². The lowest BCUT2D eigenvalue weighted by Crippen LogP contribution is -2.10. The number of hydrogen-bond acceptors (Lipinski definition) is 3. The van der Waals surface area contributed by atoms with Gasteiger partial charge in [-0.1, -0.05) is 103 Å². The van der Waals surface area contributed by atoms with Gasteiger partial charge in [0.25, 0.3) is 0 Å². The summed E-state index contributed by atoms with van der Waals surface area (Å²) in [6, 6.07) is 66.5. The summed E-state index contributed by atoms with van der Waals surface area (Å²) < 4.78 is 17.8. The van der Waals surface area contributed by atoms with Gasteiger partial charge in [0, 0.05) is 44.0 Å². The van der Waals surface area contributed by atoms with Crippen LogP contribution in [0.5, 0.6) is 0 Å². The number of fused-ring (bicyclic) bond motifs is 11. The second-order valence-corrected chi connectivity index (χ2v) is 14.1. The molecule has 5 heteroatoms. The molecule has 12 rings (SSSR count). The van der Waals surface area contributed by atoms with E-state index < -0.39 is 0 Å². The Bertz CT molecular complexity index is 3380. The first-order valence-corrected chi connectivity index (χ1v) is 18.6. The topological polar surface area (TPSA) is 38.9 Å². The fraction of sp³-hybridized carbons (Fsp3) is 0. The highest BCUT2D eigenvalue weighted by Crippen LogP contribution is 2.47. The number of nitrogens with zero attached hydrogens (tertiary/aromatic N) is 3. The molecule has 4 heterocycles. The molecule has 0 unspecified atom stereocenters. The van der Waals surface area contributed by atoms with E-state index in [1.54, 1.807) is 0 Å². The molecule has 8 aromatic carbocycles. The highest BCUT2D eigenvalue weighted by molar-refractivity contribution is 6.15. The molecule has 0 aliphatic rings. The first-order valence-electron chi connectivity index (χ1n) is 18.6. The molecule has 0 aliphatic heterocycles. The number of anilines is 3. The minimum atomic E-state index is 0.788. The van der Waals surface area contributed by atoms with E-state index in [2.05, 4.69) is 178 Å². The molecule has 258 valence electrons. The highest BCUT2D eigenvalue weighted by atomic mass is 16.3. The fourth-order valence-corrected chi connectivity index (χ4v) is 8.75.